The van der Waals surface area contributed by atoms with Crippen molar-refractivity contribution in [3.63, 3.8) is 0 Å². The second-order valence-corrected chi connectivity index (χ2v) is 6.08. The normalized spacial score (nSPS) is 13.7. The van der Waals surface area contributed by atoms with Crippen LogP contribution in [-0.2, 0) is 10.8 Å². The van der Waals surface area contributed by atoms with Gasteiger partial charge in [0.2, 0.25) is 0 Å². The van der Waals surface area contributed by atoms with Crippen LogP contribution < -0.4 is 10.1 Å². The van der Waals surface area contributed by atoms with Gasteiger partial charge in [-0.25, -0.2) is 0 Å². The molecule has 20 heavy (non-hydrogen) atoms. The molecule has 0 aliphatic heterocycles. The first kappa shape index (κ1) is 16.6. The van der Waals surface area contributed by atoms with Crippen molar-refractivity contribution < 1.29 is 13.9 Å². The molecule has 0 amide bonds. The van der Waals surface area contributed by atoms with Crippen molar-refractivity contribution in [2.75, 3.05) is 25.2 Å². The fourth-order valence-electron chi connectivity index (χ4n) is 1.58. The first-order chi connectivity index (χ1) is 9.49. The summed E-state index contributed by atoms with van der Waals surface area (Å²) in [6.07, 6.45) is 2.56. The molecule has 0 saturated carbocycles. The van der Waals surface area contributed by atoms with Crippen LogP contribution in [0.25, 0.3) is 0 Å². The summed E-state index contributed by atoms with van der Waals surface area (Å²) >= 11 is 0. The second-order valence-electron chi connectivity index (χ2n) is 4.52. The van der Waals surface area contributed by atoms with E-state index in [0.29, 0.717) is 30.7 Å². The Kier molecular flexibility index (Phi) is 7.17. The SMILES string of the molecule is CC(CCS(C)=O)NCCOc1ccc([N+](=O)[O-])cc1. The molecule has 1 N–H and O–H groups in total. The van der Waals surface area contributed by atoms with Crippen LogP contribution in [0, 0.1) is 10.1 Å². The minimum absolute atomic E-state index is 0.0525. The molecular formula is C13H20N2O4S. The molecule has 0 aliphatic rings. The van der Waals surface area contributed by atoms with Crippen LogP contribution in [0.3, 0.4) is 0 Å². The van der Waals surface area contributed by atoms with Crippen molar-refractivity contribution >= 4 is 16.5 Å². The van der Waals surface area contributed by atoms with Gasteiger partial charge in [-0.1, -0.05) is 0 Å². The van der Waals surface area contributed by atoms with Crippen molar-refractivity contribution in [2.45, 2.75) is 19.4 Å². The Hall–Kier alpha value is -1.47. The summed E-state index contributed by atoms with van der Waals surface area (Å²) in [6, 6.07) is 6.30. The highest BCUT2D eigenvalue weighted by molar-refractivity contribution is 7.84. The Bertz CT molecular complexity index is 450. The number of nitro groups is 1. The highest BCUT2D eigenvalue weighted by Gasteiger charge is 2.05. The average molecular weight is 300 g/mol. The van der Waals surface area contributed by atoms with Crippen LogP contribution in [0.5, 0.6) is 5.75 Å². The van der Waals surface area contributed by atoms with Gasteiger partial charge in [0.15, 0.2) is 0 Å². The van der Waals surface area contributed by atoms with E-state index < -0.39 is 15.7 Å². The lowest BCUT2D eigenvalue weighted by molar-refractivity contribution is -0.384. The third-order valence-corrected chi connectivity index (χ3v) is 3.56. The van der Waals surface area contributed by atoms with Gasteiger partial charge in [-0.3, -0.25) is 14.3 Å². The van der Waals surface area contributed by atoms with Crippen molar-refractivity contribution in [1.82, 2.24) is 5.32 Å². The summed E-state index contributed by atoms with van der Waals surface area (Å²) in [5.74, 6) is 1.30. The molecule has 6 nitrogen and oxygen atoms in total. The smallest absolute Gasteiger partial charge is 0.269 e. The average Bonchev–Trinajstić information content (AvgIpc) is 2.42. The number of nitrogens with zero attached hydrogens (tertiary/aromatic N) is 1. The summed E-state index contributed by atoms with van der Waals surface area (Å²) in [7, 11) is -0.756. The molecule has 2 unspecified atom stereocenters. The lowest BCUT2D eigenvalue weighted by atomic mass is 10.2. The van der Waals surface area contributed by atoms with Gasteiger partial charge in [-0.2, -0.15) is 0 Å². The van der Waals surface area contributed by atoms with Crippen LogP contribution >= 0.6 is 0 Å². The Morgan fingerprint density at radius 2 is 2.05 bits per heavy atom. The molecule has 2 atom stereocenters. The molecule has 0 fully saturated rings. The minimum Gasteiger partial charge on any atom is -0.492 e. The molecule has 0 heterocycles. The maximum atomic E-state index is 10.9. The monoisotopic (exact) mass is 300 g/mol. The number of benzene rings is 1. The summed E-state index contributed by atoms with van der Waals surface area (Å²) < 4.78 is 16.4. The van der Waals surface area contributed by atoms with Gasteiger partial charge in [-0.15, -0.1) is 0 Å². The third-order valence-electron chi connectivity index (χ3n) is 2.75. The van der Waals surface area contributed by atoms with E-state index in [2.05, 4.69) is 5.32 Å². The van der Waals surface area contributed by atoms with E-state index >= 15 is 0 Å². The number of ether oxygens (including phenoxy) is 1. The highest BCUT2D eigenvalue weighted by Crippen LogP contribution is 2.16. The molecule has 0 radical (unpaired) electrons. The van der Waals surface area contributed by atoms with E-state index in [0.717, 1.165) is 6.42 Å². The predicted octanol–water partition coefficient (Wildman–Crippen LogP) is 1.72. The topological polar surface area (TPSA) is 81.5 Å². The third kappa shape index (κ3) is 6.63. The summed E-state index contributed by atoms with van der Waals surface area (Å²) in [6.45, 7) is 3.20. The Balaban J connectivity index is 2.20. The predicted molar refractivity (Wildman–Crippen MR) is 79.6 cm³/mol. The first-order valence-electron chi connectivity index (χ1n) is 6.39. The molecule has 0 spiro atoms. The van der Waals surface area contributed by atoms with Crippen molar-refractivity contribution in [3.8, 4) is 5.75 Å². The standard InChI is InChI=1S/C13H20N2O4S/c1-11(7-10-20(2)18)14-8-9-19-13-5-3-12(4-6-13)15(16)17/h3-6,11,14H,7-10H2,1-2H3. The van der Waals surface area contributed by atoms with Crippen LogP contribution in [0.15, 0.2) is 24.3 Å². The van der Waals surface area contributed by atoms with E-state index in [1.807, 2.05) is 6.92 Å². The Labute approximate surface area is 121 Å². The summed E-state index contributed by atoms with van der Waals surface area (Å²) in [4.78, 5) is 10.1. The molecule has 7 heteroatoms. The molecular weight excluding hydrogens is 280 g/mol. The largest absolute Gasteiger partial charge is 0.492 e. The zero-order valence-electron chi connectivity index (χ0n) is 11.7. The van der Waals surface area contributed by atoms with Gasteiger partial charge >= 0.3 is 0 Å². The molecule has 0 bridgehead atoms. The van der Waals surface area contributed by atoms with Gasteiger partial charge < -0.3 is 10.1 Å². The van der Waals surface area contributed by atoms with Gasteiger partial charge in [0, 0.05) is 47.5 Å². The first-order valence-corrected chi connectivity index (χ1v) is 8.12. The maximum absolute atomic E-state index is 10.9. The fraction of sp³-hybridized carbons (Fsp3) is 0.538. The highest BCUT2D eigenvalue weighted by atomic mass is 32.2. The van der Waals surface area contributed by atoms with E-state index in [9.17, 15) is 14.3 Å². The molecule has 0 aromatic heterocycles. The number of hydrogen-bond acceptors (Lipinski definition) is 5. The van der Waals surface area contributed by atoms with Crippen molar-refractivity contribution in [1.29, 1.82) is 0 Å². The van der Waals surface area contributed by atoms with Crippen LogP contribution in [0.4, 0.5) is 5.69 Å². The quantitative estimate of drug-likeness (QED) is 0.426. The number of rotatable bonds is 9. The second kappa shape index (κ2) is 8.65. The van der Waals surface area contributed by atoms with E-state index in [1.165, 1.54) is 12.1 Å². The number of nitrogens with one attached hydrogen (secondary N) is 1. The molecule has 0 saturated heterocycles. The summed E-state index contributed by atoms with van der Waals surface area (Å²) in [5.41, 5.74) is 0.0525. The lowest BCUT2D eigenvalue weighted by Crippen LogP contribution is -2.31. The van der Waals surface area contributed by atoms with Crippen LogP contribution in [-0.4, -0.2) is 40.3 Å². The maximum Gasteiger partial charge on any atom is 0.269 e. The van der Waals surface area contributed by atoms with Gasteiger partial charge in [0.25, 0.3) is 5.69 Å². The lowest BCUT2D eigenvalue weighted by Gasteiger charge is -2.13. The molecule has 1 aromatic carbocycles. The molecule has 0 aliphatic carbocycles. The Morgan fingerprint density at radius 3 is 2.60 bits per heavy atom. The van der Waals surface area contributed by atoms with Gasteiger partial charge in [0.05, 0.1) is 4.92 Å². The van der Waals surface area contributed by atoms with E-state index in [-0.39, 0.29) is 5.69 Å². The molecule has 112 valence electrons. The molecule has 1 aromatic rings. The van der Waals surface area contributed by atoms with Gasteiger partial charge in [0.1, 0.15) is 12.4 Å². The van der Waals surface area contributed by atoms with Crippen LogP contribution in [0.2, 0.25) is 0 Å². The van der Waals surface area contributed by atoms with Crippen molar-refractivity contribution in [3.05, 3.63) is 34.4 Å². The van der Waals surface area contributed by atoms with Crippen molar-refractivity contribution in [2.24, 2.45) is 0 Å². The van der Waals surface area contributed by atoms with Crippen LogP contribution in [0.1, 0.15) is 13.3 Å². The summed E-state index contributed by atoms with van der Waals surface area (Å²) in [5, 5.41) is 13.8. The molecule has 1 rings (SSSR count). The van der Waals surface area contributed by atoms with Gasteiger partial charge in [-0.05, 0) is 25.5 Å². The minimum atomic E-state index is -0.756. The number of non-ortho nitro benzene ring substituents is 1. The number of hydrogen-bond donors (Lipinski definition) is 1. The zero-order chi connectivity index (χ0) is 15.0. The number of nitro benzene ring substituents is 1. The van der Waals surface area contributed by atoms with E-state index in [1.54, 1.807) is 18.4 Å². The van der Waals surface area contributed by atoms with E-state index in [4.69, 9.17) is 4.74 Å². The Morgan fingerprint density at radius 1 is 1.40 bits per heavy atom. The fourth-order valence-corrected chi connectivity index (χ4v) is 2.27. The zero-order valence-corrected chi connectivity index (χ0v) is 12.5.